The van der Waals surface area contributed by atoms with Crippen molar-refractivity contribution >= 4 is 23.2 Å². The molecule has 0 aliphatic carbocycles. The van der Waals surface area contributed by atoms with Gasteiger partial charge >= 0.3 is 0 Å². The molecule has 7 heteroatoms. The third kappa shape index (κ3) is 4.70. The number of ether oxygens (including phenoxy) is 1. The summed E-state index contributed by atoms with van der Waals surface area (Å²) < 4.78 is 5.59. The molecule has 0 radical (unpaired) electrons. The Morgan fingerprint density at radius 1 is 1.21 bits per heavy atom. The summed E-state index contributed by atoms with van der Waals surface area (Å²) in [7, 11) is 0. The van der Waals surface area contributed by atoms with Crippen LogP contribution in [-0.2, 0) is 0 Å². The van der Waals surface area contributed by atoms with Crippen LogP contribution in [0.5, 0.6) is 5.75 Å². The molecule has 0 unspecified atom stereocenters. The van der Waals surface area contributed by atoms with E-state index in [9.17, 15) is 14.9 Å². The molecule has 0 aliphatic rings. The van der Waals surface area contributed by atoms with Crippen molar-refractivity contribution in [2.24, 2.45) is 0 Å². The fourth-order valence-corrected chi connectivity index (χ4v) is 2.45. The molecule has 126 valence electrons. The quantitative estimate of drug-likeness (QED) is 0.490. The van der Waals surface area contributed by atoms with E-state index in [4.69, 9.17) is 16.3 Å². The zero-order valence-electron chi connectivity index (χ0n) is 13.3. The van der Waals surface area contributed by atoms with E-state index >= 15 is 0 Å². The summed E-state index contributed by atoms with van der Waals surface area (Å²) in [6.07, 6.45) is 0. The Balaban J connectivity index is 1.91. The fourth-order valence-electron chi connectivity index (χ4n) is 2.25. The number of non-ortho nitro benzene ring substituents is 1. The number of hydrogen-bond acceptors (Lipinski definition) is 4. The number of carbonyl (C=O) groups is 1. The number of nitrogens with zero attached hydrogens (tertiary/aromatic N) is 1. The van der Waals surface area contributed by atoms with E-state index in [0.29, 0.717) is 0 Å². The van der Waals surface area contributed by atoms with E-state index in [1.165, 1.54) is 12.1 Å². The van der Waals surface area contributed by atoms with E-state index in [2.05, 4.69) is 5.32 Å². The van der Waals surface area contributed by atoms with Crippen LogP contribution in [0.15, 0.2) is 36.4 Å². The summed E-state index contributed by atoms with van der Waals surface area (Å²) in [6, 6.07) is 9.60. The molecule has 2 rings (SSSR count). The van der Waals surface area contributed by atoms with E-state index in [1.54, 1.807) is 0 Å². The van der Waals surface area contributed by atoms with Crippen molar-refractivity contribution in [3.05, 3.63) is 68.2 Å². The van der Waals surface area contributed by atoms with Crippen LogP contribution in [0.1, 0.15) is 21.5 Å². The van der Waals surface area contributed by atoms with E-state index < -0.39 is 10.8 Å². The number of amides is 1. The summed E-state index contributed by atoms with van der Waals surface area (Å²) in [5.74, 6) is 0.253. The maximum absolute atomic E-state index is 12.1. The molecule has 0 aliphatic heterocycles. The van der Waals surface area contributed by atoms with Crippen molar-refractivity contribution in [2.75, 3.05) is 13.2 Å². The average Bonchev–Trinajstić information content (AvgIpc) is 2.50. The highest BCUT2D eigenvalue weighted by Gasteiger charge is 2.15. The van der Waals surface area contributed by atoms with Gasteiger partial charge in [-0.3, -0.25) is 14.9 Å². The molecule has 0 atom stereocenters. The van der Waals surface area contributed by atoms with Gasteiger partial charge in [0.1, 0.15) is 12.4 Å². The van der Waals surface area contributed by atoms with Crippen molar-refractivity contribution in [2.45, 2.75) is 13.8 Å². The van der Waals surface area contributed by atoms with E-state index in [0.717, 1.165) is 22.9 Å². The van der Waals surface area contributed by atoms with Crippen LogP contribution >= 0.6 is 11.6 Å². The second-order valence-corrected chi connectivity index (χ2v) is 5.76. The van der Waals surface area contributed by atoms with Crippen molar-refractivity contribution in [1.29, 1.82) is 0 Å². The largest absolute Gasteiger partial charge is 0.492 e. The zero-order valence-corrected chi connectivity index (χ0v) is 14.1. The van der Waals surface area contributed by atoms with Gasteiger partial charge in [-0.15, -0.1) is 0 Å². The van der Waals surface area contributed by atoms with Gasteiger partial charge in [-0.05, 0) is 43.2 Å². The predicted molar refractivity (Wildman–Crippen MR) is 91.9 cm³/mol. The summed E-state index contributed by atoms with van der Waals surface area (Å²) in [5.41, 5.74) is 2.07. The molecule has 1 N–H and O–H groups in total. The lowest BCUT2D eigenvalue weighted by Gasteiger charge is -2.10. The molecule has 0 aromatic heterocycles. The van der Waals surface area contributed by atoms with Gasteiger partial charge in [-0.1, -0.05) is 17.7 Å². The third-order valence-electron chi connectivity index (χ3n) is 3.26. The van der Waals surface area contributed by atoms with Crippen LogP contribution < -0.4 is 10.1 Å². The zero-order chi connectivity index (χ0) is 17.7. The van der Waals surface area contributed by atoms with Crippen molar-refractivity contribution < 1.29 is 14.5 Å². The second kappa shape index (κ2) is 7.79. The molecule has 0 heterocycles. The standard InChI is InChI=1S/C17H17ClN2O4/c1-11-7-12(2)9-14(8-11)24-6-5-19-17(21)15-10-13(20(22)23)3-4-16(15)18/h3-4,7-10H,5-6H2,1-2H3,(H,19,21). The Hall–Kier alpha value is -2.60. The molecule has 24 heavy (non-hydrogen) atoms. The second-order valence-electron chi connectivity index (χ2n) is 5.35. The van der Waals surface area contributed by atoms with Gasteiger partial charge in [0.05, 0.1) is 22.1 Å². The number of hydrogen-bond donors (Lipinski definition) is 1. The Kier molecular flexibility index (Phi) is 5.76. The van der Waals surface area contributed by atoms with E-state index in [1.807, 2.05) is 32.0 Å². The number of benzene rings is 2. The van der Waals surface area contributed by atoms with Crippen LogP contribution in [0, 0.1) is 24.0 Å². The van der Waals surface area contributed by atoms with Crippen LogP contribution in [0.4, 0.5) is 5.69 Å². The molecule has 0 saturated carbocycles. The van der Waals surface area contributed by atoms with Crippen LogP contribution in [0.3, 0.4) is 0 Å². The highest BCUT2D eigenvalue weighted by molar-refractivity contribution is 6.33. The first-order valence-corrected chi connectivity index (χ1v) is 7.68. The summed E-state index contributed by atoms with van der Waals surface area (Å²) in [6.45, 7) is 4.49. The lowest BCUT2D eigenvalue weighted by Crippen LogP contribution is -2.28. The minimum Gasteiger partial charge on any atom is -0.492 e. The van der Waals surface area contributed by atoms with Crippen LogP contribution in [-0.4, -0.2) is 24.0 Å². The number of carbonyl (C=O) groups excluding carboxylic acids is 1. The van der Waals surface area contributed by atoms with Gasteiger partial charge in [0.25, 0.3) is 11.6 Å². The molecule has 0 bridgehead atoms. The normalized spacial score (nSPS) is 10.3. The summed E-state index contributed by atoms with van der Waals surface area (Å²) in [4.78, 5) is 22.3. The SMILES string of the molecule is Cc1cc(C)cc(OCCNC(=O)c2cc([N+](=O)[O-])ccc2Cl)c1. The highest BCUT2D eigenvalue weighted by atomic mass is 35.5. The summed E-state index contributed by atoms with van der Waals surface area (Å²) in [5, 5.41) is 13.6. The van der Waals surface area contributed by atoms with Crippen molar-refractivity contribution in [3.63, 3.8) is 0 Å². The fraction of sp³-hybridized carbons (Fsp3) is 0.235. The molecule has 6 nitrogen and oxygen atoms in total. The van der Waals surface area contributed by atoms with Crippen LogP contribution in [0.25, 0.3) is 0 Å². The Morgan fingerprint density at radius 3 is 2.50 bits per heavy atom. The van der Waals surface area contributed by atoms with Crippen LogP contribution in [0.2, 0.25) is 5.02 Å². The summed E-state index contributed by atoms with van der Waals surface area (Å²) >= 11 is 5.92. The number of nitrogens with one attached hydrogen (secondary N) is 1. The number of aryl methyl sites for hydroxylation is 2. The minimum absolute atomic E-state index is 0.0669. The first-order chi connectivity index (χ1) is 11.4. The third-order valence-corrected chi connectivity index (χ3v) is 3.59. The lowest BCUT2D eigenvalue weighted by atomic mass is 10.1. The lowest BCUT2D eigenvalue weighted by molar-refractivity contribution is -0.384. The Bertz CT molecular complexity index is 757. The Morgan fingerprint density at radius 2 is 1.88 bits per heavy atom. The van der Waals surface area contributed by atoms with Gasteiger partial charge < -0.3 is 10.1 Å². The van der Waals surface area contributed by atoms with Gasteiger partial charge in [-0.25, -0.2) is 0 Å². The van der Waals surface area contributed by atoms with Gasteiger partial charge in [0, 0.05) is 12.1 Å². The predicted octanol–water partition coefficient (Wildman–Crippen LogP) is 3.67. The number of nitro benzene ring substituents is 1. The molecular weight excluding hydrogens is 332 g/mol. The van der Waals surface area contributed by atoms with Gasteiger partial charge in [0.2, 0.25) is 0 Å². The smallest absolute Gasteiger partial charge is 0.270 e. The molecule has 0 fully saturated rings. The minimum atomic E-state index is -0.573. The van der Waals surface area contributed by atoms with Crippen molar-refractivity contribution in [1.82, 2.24) is 5.32 Å². The number of rotatable bonds is 6. The maximum atomic E-state index is 12.1. The first kappa shape index (κ1) is 17.7. The Labute approximate surface area is 144 Å². The van der Waals surface area contributed by atoms with Crippen molar-refractivity contribution in [3.8, 4) is 5.75 Å². The molecular formula is C17H17ClN2O4. The van der Waals surface area contributed by atoms with Gasteiger partial charge in [0.15, 0.2) is 0 Å². The highest BCUT2D eigenvalue weighted by Crippen LogP contribution is 2.22. The molecule has 2 aromatic rings. The van der Waals surface area contributed by atoms with E-state index in [-0.39, 0.29) is 29.4 Å². The topological polar surface area (TPSA) is 81.5 Å². The molecule has 0 saturated heterocycles. The monoisotopic (exact) mass is 348 g/mol. The molecule has 0 spiro atoms. The number of nitro groups is 1. The number of halogens is 1. The average molecular weight is 349 g/mol. The first-order valence-electron chi connectivity index (χ1n) is 7.30. The molecule has 2 aromatic carbocycles. The van der Waals surface area contributed by atoms with Gasteiger partial charge in [-0.2, -0.15) is 0 Å². The maximum Gasteiger partial charge on any atom is 0.270 e. The molecule has 1 amide bonds.